The molecule has 0 bridgehead atoms. The maximum atomic E-state index is 11.7. The van der Waals surface area contributed by atoms with Crippen LogP contribution >= 0.6 is 11.3 Å². The number of H-pyrrole nitrogens is 1. The van der Waals surface area contributed by atoms with Gasteiger partial charge in [0.1, 0.15) is 17.0 Å². The number of aromatic hydroxyl groups is 1. The van der Waals surface area contributed by atoms with Crippen LogP contribution < -0.4 is 20.2 Å². The Balaban J connectivity index is 1.25. The van der Waals surface area contributed by atoms with E-state index in [2.05, 4.69) is 39.9 Å². The number of ether oxygens (including phenoxy) is 1. The third-order valence-corrected chi connectivity index (χ3v) is 6.73. The van der Waals surface area contributed by atoms with E-state index in [0.29, 0.717) is 24.2 Å². The smallest absolute Gasteiger partial charge is 0.305 e. The Kier molecular flexibility index (Phi) is 7.84. The summed E-state index contributed by atoms with van der Waals surface area (Å²) in [7, 11) is 1.67. The summed E-state index contributed by atoms with van der Waals surface area (Å²) in [4.78, 5) is 13.8. The van der Waals surface area contributed by atoms with Crippen molar-refractivity contribution in [3.8, 4) is 11.5 Å². The Labute approximate surface area is 206 Å². The Morgan fingerprint density at radius 3 is 2.49 bits per heavy atom. The first-order chi connectivity index (χ1) is 16.9. The number of methoxy groups -OCH3 is 1. The maximum Gasteiger partial charge on any atom is 0.305 e. The van der Waals surface area contributed by atoms with Crippen molar-refractivity contribution in [2.75, 3.05) is 20.2 Å². The summed E-state index contributed by atoms with van der Waals surface area (Å²) in [5.74, 6) is -1.42. The zero-order valence-corrected chi connectivity index (χ0v) is 20.2. The molecular formula is C26H29N3O5S. The van der Waals surface area contributed by atoms with Gasteiger partial charge in [0.2, 0.25) is 5.79 Å². The van der Waals surface area contributed by atoms with Crippen LogP contribution in [-0.2, 0) is 25.3 Å². The molecule has 0 aliphatic carbocycles. The molecule has 8 nitrogen and oxygen atoms in total. The second kappa shape index (κ2) is 11.0. The van der Waals surface area contributed by atoms with Crippen LogP contribution in [0.25, 0.3) is 10.2 Å². The van der Waals surface area contributed by atoms with Crippen molar-refractivity contribution in [3.63, 3.8) is 0 Å². The van der Waals surface area contributed by atoms with Crippen LogP contribution in [0.5, 0.6) is 11.5 Å². The fourth-order valence-electron chi connectivity index (χ4n) is 3.94. The number of phenolic OH excluding ortho intramolecular Hbond substituents is 1. The van der Waals surface area contributed by atoms with Crippen molar-refractivity contribution >= 4 is 21.6 Å². The standard InChI is InChI=1S/C26H29N3O5S/c1-34-22-5-3-2-4-19(22)15-28-14-18-8-6-17(7-9-18)12-13-27-16-26(32,33)20-10-11-21(30)23-24(20)35-25(31)29-23/h2-11,27-28,30,32-33H,12-16H2,1H3,(H,29,31). The lowest BCUT2D eigenvalue weighted by Crippen LogP contribution is -2.38. The Hall–Kier alpha value is -3.21. The lowest BCUT2D eigenvalue weighted by molar-refractivity contribution is -0.164. The van der Waals surface area contributed by atoms with Crippen LogP contribution in [-0.4, -0.2) is 40.5 Å². The number of hydrogen-bond acceptors (Lipinski definition) is 8. The first kappa shape index (κ1) is 24.9. The highest BCUT2D eigenvalue weighted by Crippen LogP contribution is 2.32. The third kappa shape index (κ3) is 6.08. The molecule has 4 rings (SSSR count). The topological polar surface area (TPSA) is 127 Å². The fourth-order valence-corrected chi connectivity index (χ4v) is 4.88. The van der Waals surface area contributed by atoms with E-state index in [-0.39, 0.29) is 28.2 Å². The van der Waals surface area contributed by atoms with Crippen molar-refractivity contribution in [2.24, 2.45) is 0 Å². The number of para-hydroxylation sites is 1. The molecule has 1 aromatic heterocycles. The number of hydrogen-bond donors (Lipinski definition) is 6. The molecule has 0 saturated heterocycles. The van der Waals surface area contributed by atoms with Crippen LogP contribution in [0.15, 0.2) is 65.5 Å². The SMILES string of the molecule is COc1ccccc1CNCc1ccc(CCNCC(O)(O)c2ccc(O)c3[nH]c(=O)sc23)cc1. The predicted octanol–water partition coefficient (Wildman–Crippen LogP) is 2.56. The molecular weight excluding hydrogens is 466 g/mol. The van der Waals surface area contributed by atoms with E-state index in [1.54, 1.807) is 7.11 Å². The molecule has 1 heterocycles. The van der Waals surface area contributed by atoms with Gasteiger partial charge in [-0.3, -0.25) is 4.79 Å². The van der Waals surface area contributed by atoms with Crippen LogP contribution in [0, 0.1) is 0 Å². The van der Waals surface area contributed by atoms with Crippen molar-refractivity contribution in [1.82, 2.24) is 15.6 Å². The highest BCUT2D eigenvalue weighted by atomic mass is 32.1. The monoisotopic (exact) mass is 495 g/mol. The lowest BCUT2D eigenvalue weighted by atomic mass is 10.0. The minimum atomic E-state index is -2.19. The van der Waals surface area contributed by atoms with E-state index in [0.717, 1.165) is 34.8 Å². The molecule has 6 N–H and O–H groups in total. The number of fused-ring (bicyclic) bond motifs is 1. The van der Waals surface area contributed by atoms with Crippen molar-refractivity contribution in [2.45, 2.75) is 25.3 Å². The van der Waals surface area contributed by atoms with Gasteiger partial charge in [0.05, 0.1) is 18.4 Å². The van der Waals surface area contributed by atoms with Crippen LogP contribution in [0.1, 0.15) is 22.3 Å². The molecule has 0 atom stereocenters. The molecule has 0 radical (unpaired) electrons. The summed E-state index contributed by atoms with van der Waals surface area (Å²) in [5.41, 5.74) is 3.79. The van der Waals surface area contributed by atoms with Gasteiger partial charge in [0, 0.05) is 24.2 Å². The lowest BCUT2D eigenvalue weighted by Gasteiger charge is -2.23. The molecule has 4 aromatic rings. The molecule has 0 spiro atoms. The number of thiazole rings is 1. The van der Waals surface area contributed by atoms with E-state index in [1.807, 2.05) is 24.3 Å². The molecule has 9 heteroatoms. The predicted molar refractivity (Wildman–Crippen MR) is 137 cm³/mol. The second-order valence-corrected chi connectivity index (χ2v) is 9.31. The van der Waals surface area contributed by atoms with Gasteiger partial charge in [0.15, 0.2) is 0 Å². The molecule has 184 valence electrons. The molecule has 0 amide bonds. The summed E-state index contributed by atoms with van der Waals surface area (Å²) in [6.07, 6.45) is 0.716. The van der Waals surface area contributed by atoms with Crippen LogP contribution in [0.4, 0.5) is 0 Å². The van der Waals surface area contributed by atoms with Gasteiger partial charge in [-0.05, 0) is 42.3 Å². The Bertz CT molecular complexity index is 1330. The average molecular weight is 496 g/mol. The van der Waals surface area contributed by atoms with Gasteiger partial charge in [-0.1, -0.05) is 53.8 Å². The number of rotatable bonds is 11. The summed E-state index contributed by atoms with van der Waals surface area (Å²) >= 11 is 0.833. The van der Waals surface area contributed by atoms with E-state index >= 15 is 0 Å². The van der Waals surface area contributed by atoms with Gasteiger partial charge < -0.3 is 35.7 Å². The zero-order valence-electron chi connectivity index (χ0n) is 19.4. The Morgan fingerprint density at radius 1 is 0.971 bits per heavy atom. The number of benzene rings is 3. The van der Waals surface area contributed by atoms with Crippen molar-refractivity contribution in [1.29, 1.82) is 0 Å². The molecule has 0 saturated carbocycles. The van der Waals surface area contributed by atoms with Gasteiger partial charge >= 0.3 is 4.87 Å². The largest absolute Gasteiger partial charge is 0.506 e. The number of nitrogens with one attached hydrogen (secondary N) is 3. The van der Waals surface area contributed by atoms with Gasteiger partial charge in [0.25, 0.3) is 0 Å². The summed E-state index contributed by atoms with van der Waals surface area (Å²) in [6, 6.07) is 19.0. The highest BCUT2D eigenvalue weighted by molar-refractivity contribution is 7.16. The third-order valence-electron chi connectivity index (χ3n) is 5.81. The normalized spacial score (nSPS) is 11.7. The number of aromatic nitrogens is 1. The molecule has 0 unspecified atom stereocenters. The summed E-state index contributed by atoms with van der Waals surface area (Å²) in [5, 5.41) is 37.6. The first-order valence-electron chi connectivity index (χ1n) is 11.3. The number of aliphatic hydroxyl groups is 2. The Morgan fingerprint density at radius 2 is 1.71 bits per heavy atom. The number of aromatic amines is 1. The maximum absolute atomic E-state index is 11.7. The highest BCUT2D eigenvalue weighted by Gasteiger charge is 2.29. The number of phenols is 1. The van der Waals surface area contributed by atoms with Gasteiger partial charge in [-0.25, -0.2) is 0 Å². The average Bonchev–Trinajstić information content (AvgIpc) is 3.25. The van der Waals surface area contributed by atoms with E-state index in [1.165, 1.54) is 17.7 Å². The van der Waals surface area contributed by atoms with Crippen molar-refractivity contribution in [3.05, 3.63) is 92.6 Å². The van der Waals surface area contributed by atoms with E-state index in [9.17, 15) is 20.1 Å². The first-order valence-corrected chi connectivity index (χ1v) is 12.1. The molecule has 0 fully saturated rings. The van der Waals surface area contributed by atoms with E-state index in [4.69, 9.17) is 4.74 Å². The minimum absolute atomic E-state index is 0.107. The summed E-state index contributed by atoms with van der Waals surface area (Å²) in [6.45, 7) is 1.87. The molecule has 0 aliphatic heterocycles. The van der Waals surface area contributed by atoms with E-state index < -0.39 is 5.79 Å². The van der Waals surface area contributed by atoms with Crippen molar-refractivity contribution < 1.29 is 20.1 Å². The quantitative estimate of drug-likeness (QED) is 0.139. The minimum Gasteiger partial charge on any atom is -0.506 e. The van der Waals surface area contributed by atoms with Crippen LogP contribution in [0.2, 0.25) is 0 Å². The molecule has 3 aromatic carbocycles. The van der Waals surface area contributed by atoms with Gasteiger partial charge in [-0.2, -0.15) is 0 Å². The van der Waals surface area contributed by atoms with Crippen LogP contribution in [0.3, 0.4) is 0 Å². The summed E-state index contributed by atoms with van der Waals surface area (Å²) < 4.78 is 5.71. The zero-order chi connectivity index (χ0) is 24.8. The molecule has 35 heavy (non-hydrogen) atoms. The fraction of sp³-hybridized carbons (Fsp3) is 0.269. The van der Waals surface area contributed by atoms with Gasteiger partial charge in [-0.15, -0.1) is 0 Å². The molecule has 0 aliphatic rings. The second-order valence-electron chi connectivity index (χ2n) is 8.33.